The molecule has 96 valence electrons. The minimum absolute atomic E-state index is 0.278. The Hall–Kier alpha value is -0.910. The van der Waals surface area contributed by atoms with Gasteiger partial charge in [0.2, 0.25) is 0 Å². The zero-order valence-electron chi connectivity index (χ0n) is 9.55. The fourth-order valence-electron chi connectivity index (χ4n) is 1.53. The number of anilines is 2. The number of hydrogen-bond acceptors (Lipinski definition) is 2. The zero-order chi connectivity index (χ0) is 13.2. The van der Waals surface area contributed by atoms with Crippen LogP contribution in [-0.4, -0.2) is 18.8 Å². The van der Waals surface area contributed by atoms with E-state index in [0.29, 0.717) is 11.4 Å². The molecule has 0 heterocycles. The van der Waals surface area contributed by atoms with Crippen molar-refractivity contribution >= 4 is 27.3 Å². The van der Waals surface area contributed by atoms with Crippen LogP contribution in [0.1, 0.15) is 13.8 Å². The standard InChI is InChI=1S/C11H14BrF3N2/c1-7(2)17(6-11(13,14)15)10-4-3-8(12)5-9(10)16/h3-5,7H,6,16H2,1-2H3. The molecule has 0 aliphatic rings. The van der Waals surface area contributed by atoms with Crippen molar-refractivity contribution < 1.29 is 13.2 Å². The number of alkyl halides is 3. The molecule has 6 heteroatoms. The first-order valence-electron chi connectivity index (χ1n) is 5.09. The Morgan fingerprint density at radius 2 is 1.94 bits per heavy atom. The molecule has 17 heavy (non-hydrogen) atoms. The van der Waals surface area contributed by atoms with Crippen molar-refractivity contribution in [1.29, 1.82) is 0 Å². The second kappa shape index (κ2) is 5.16. The summed E-state index contributed by atoms with van der Waals surface area (Å²) in [4.78, 5) is 1.24. The maximum Gasteiger partial charge on any atom is 0.405 e. The van der Waals surface area contributed by atoms with Crippen LogP contribution in [0.5, 0.6) is 0 Å². The summed E-state index contributed by atoms with van der Waals surface area (Å²) in [7, 11) is 0. The third-order valence-corrected chi connectivity index (χ3v) is 2.77. The van der Waals surface area contributed by atoms with Crippen LogP contribution in [0.3, 0.4) is 0 Å². The third kappa shape index (κ3) is 4.11. The van der Waals surface area contributed by atoms with Crippen molar-refractivity contribution in [3.8, 4) is 0 Å². The monoisotopic (exact) mass is 310 g/mol. The summed E-state index contributed by atoms with van der Waals surface area (Å²) in [6, 6.07) is 4.59. The molecule has 0 aliphatic carbocycles. The van der Waals surface area contributed by atoms with Gasteiger partial charge in [0.05, 0.1) is 11.4 Å². The number of nitrogens with zero attached hydrogens (tertiary/aromatic N) is 1. The van der Waals surface area contributed by atoms with Crippen molar-refractivity contribution in [2.45, 2.75) is 26.1 Å². The molecular weight excluding hydrogens is 297 g/mol. The maximum absolute atomic E-state index is 12.5. The summed E-state index contributed by atoms with van der Waals surface area (Å²) in [5, 5.41) is 0. The van der Waals surface area contributed by atoms with Gasteiger partial charge in [0.15, 0.2) is 0 Å². The Bertz CT molecular complexity index is 391. The van der Waals surface area contributed by atoms with Crippen LogP contribution in [0.15, 0.2) is 22.7 Å². The van der Waals surface area contributed by atoms with E-state index in [1.807, 2.05) is 0 Å². The van der Waals surface area contributed by atoms with Gasteiger partial charge in [0, 0.05) is 10.5 Å². The highest BCUT2D eigenvalue weighted by Crippen LogP contribution is 2.30. The molecule has 0 bridgehead atoms. The Kier molecular flexibility index (Phi) is 4.30. The summed E-state index contributed by atoms with van der Waals surface area (Å²) in [6.07, 6.45) is -4.25. The molecule has 0 atom stereocenters. The Balaban J connectivity index is 3.06. The van der Waals surface area contributed by atoms with Gasteiger partial charge in [-0.25, -0.2) is 0 Å². The van der Waals surface area contributed by atoms with Gasteiger partial charge in [-0.2, -0.15) is 13.2 Å². The lowest BCUT2D eigenvalue weighted by Gasteiger charge is -2.30. The van der Waals surface area contributed by atoms with Crippen molar-refractivity contribution in [3.05, 3.63) is 22.7 Å². The Labute approximate surface area is 107 Å². The molecule has 0 amide bonds. The van der Waals surface area contributed by atoms with Crippen LogP contribution in [-0.2, 0) is 0 Å². The van der Waals surface area contributed by atoms with Gasteiger partial charge in [-0.3, -0.25) is 0 Å². The molecule has 1 aromatic rings. The molecule has 0 saturated carbocycles. The van der Waals surface area contributed by atoms with Crippen LogP contribution in [0, 0.1) is 0 Å². The average molecular weight is 311 g/mol. The molecule has 0 spiro atoms. The van der Waals surface area contributed by atoms with E-state index in [2.05, 4.69) is 15.9 Å². The van der Waals surface area contributed by atoms with E-state index < -0.39 is 12.7 Å². The highest BCUT2D eigenvalue weighted by atomic mass is 79.9. The highest BCUT2D eigenvalue weighted by molar-refractivity contribution is 9.10. The fraction of sp³-hybridized carbons (Fsp3) is 0.455. The summed E-state index contributed by atoms with van der Waals surface area (Å²) in [6.45, 7) is 2.40. The van der Waals surface area contributed by atoms with E-state index in [0.717, 1.165) is 4.47 Å². The van der Waals surface area contributed by atoms with Crippen LogP contribution >= 0.6 is 15.9 Å². The predicted octanol–water partition coefficient (Wildman–Crippen LogP) is 3.81. The zero-order valence-corrected chi connectivity index (χ0v) is 11.1. The van der Waals surface area contributed by atoms with E-state index in [1.165, 1.54) is 4.90 Å². The third-order valence-electron chi connectivity index (χ3n) is 2.27. The molecule has 0 aromatic heterocycles. The largest absolute Gasteiger partial charge is 0.405 e. The second-order valence-electron chi connectivity index (χ2n) is 4.04. The van der Waals surface area contributed by atoms with Crippen LogP contribution in [0.4, 0.5) is 24.5 Å². The summed E-state index contributed by atoms with van der Waals surface area (Å²) in [5.74, 6) is 0. The second-order valence-corrected chi connectivity index (χ2v) is 4.96. The van der Waals surface area contributed by atoms with E-state index in [9.17, 15) is 13.2 Å². The lowest BCUT2D eigenvalue weighted by molar-refractivity contribution is -0.120. The van der Waals surface area contributed by atoms with Crippen LogP contribution < -0.4 is 10.6 Å². The van der Waals surface area contributed by atoms with Crippen molar-refractivity contribution in [2.75, 3.05) is 17.2 Å². The number of halogens is 4. The number of hydrogen-bond donors (Lipinski definition) is 1. The summed E-state index contributed by atoms with van der Waals surface area (Å²) in [5.41, 5.74) is 6.47. The molecule has 0 radical (unpaired) electrons. The number of rotatable bonds is 3. The first-order chi connectivity index (χ1) is 7.70. The van der Waals surface area contributed by atoms with Gasteiger partial charge in [0.25, 0.3) is 0 Å². The number of benzene rings is 1. The van der Waals surface area contributed by atoms with E-state index in [-0.39, 0.29) is 6.04 Å². The molecule has 0 fully saturated rings. The van der Waals surface area contributed by atoms with Crippen LogP contribution in [0.25, 0.3) is 0 Å². The van der Waals surface area contributed by atoms with Gasteiger partial charge in [0.1, 0.15) is 6.54 Å². The van der Waals surface area contributed by atoms with Gasteiger partial charge >= 0.3 is 6.18 Å². The fourth-order valence-corrected chi connectivity index (χ4v) is 1.90. The van der Waals surface area contributed by atoms with Crippen LogP contribution in [0.2, 0.25) is 0 Å². The topological polar surface area (TPSA) is 29.3 Å². The smallest absolute Gasteiger partial charge is 0.397 e. The van der Waals surface area contributed by atoms with Gasteiger partial charge < -0.3 is 10.6 Å². The summed E-state index contributed by atoms with van der Waals surface area (Å²) >= 11 is 3.22. The molecule has 2 N–H and O–H groups in total. The van der Waals surface area contributed by atoms with Gasteiger partial charge in [-0.1, -0.05) is 15.9 Å². The molecule has 0 aliphatic heterocycles. The lowest BCUT2D eigenvalue weighted by Crippen LogP contribution is -2.39. The van der Waals surface area contributed by atoms with E-state index >= 15 is 0 Å². The molecule has 1 aromatic carbocycles. The molecule has 2 nitrogen and oxygen atoms in total. The predicted molar refractivity (Wildman–Crippen MR) is 67.1 cm³/mol. The minimum atomic E-state index is -4.25. The number of nitrogens with two attached hydrogens (primary N) is 1. The Morgan fingerprint density at radius 1 is 1.35 bits per heavy atom. The molecule has 1 rings (SSSR count). The van der Waals surface area contributed by atoms with Crippen molar-refractivity contribution in [1.82, 2.24) is 0 Å². The van der Waals surface area contributed by atoms with Crippen molar-refractivity contribution in [2.24, 2.45) is 0 Å². The van der Waals surface area contributed by atoms with Gasteiger partial charge in [-0.15, -0.1) is 0 Å². The summed E-state index contributed by atoms with van der Waals surface area (Å²) < 4.78 is 38.2. The van der Waals surface area contributed by atoms with E-state index in [4.69, 9.17) is 5.73 Å². The maximum atomic E-state index is 12.5. The SMILES string of the molecule is CC(C)N(CC(F)(F)F)c1ccc(Br)cc1N. The molecule has 0 unspecified atom stereocenters. The first kappa shape index (κ1) is 14.2. The van der Waals surface area contributed by atoms with E-state index in [1.54, 1.807) is 32.0 Å². The molecule has 0 saturated heterocycles. The number of nitrogen functional groups attached to an aromatic ring is 1. The highest BCUT2D eigenvalue weighted by Gasteiger charge is 2.32. The average Bonchev–Trinajstić information content (AvgIpc) is 2.13. The quantitative estimate of drug-likeness (QED) is 0.860. The normalized spacial score (nSPS) is 11.9. The van der Waals surface area contributed by atoms with Gasteiger partial charge in [-0.05, 0) is 32.0 Å². The lowest BCUT2D eigenvalue weighted by atomic mass is 10.2. The minimum Gasteiger partial charge on any atom is -0.397 e. The molecular formula is C11H14BrF3N2. The van der Waals surface area contributed by atoms with Crippen molar-refractivity contribution in [3.63, 3.8) is 0 Å². The Morgan fingerprint density at radius 3 is 2.35 bits per heavy atom. The first-order valence-corrected chi connectivity index (χ1v) is 5.88.